The van der Waals surface area contributed by atoms with Gasteiger partial charge in [0.15, 0.2) is 11.5 Å². The SMILES string of the molecule is CC(=O)Nc1ccc(-c2oc(-c3ccc(C(C)(C)C)cc3)nc2C(=O)NNc2ccccc2)cc1. The highest BCUT2D eigenvalue weighted by molar-refractivity contribution is 5.99. The van der Waals surface area contributed by atoms with Crippen LogP contribution in [-0.2, 0) is 10.2 Å². The van der Waals surface area contributed by atoms with Gasteiger partial charge in [0, 0.05) is 23.7 Å². The maximum absolute atomic E-state index is 13.1. The Balaban J connectivity index is 1.68. The van der Waals surface area contributed by atoms with E-state index in [2.05, 4.69) is 41.9 Å². The highest BCUT2D eigenvalue weighted by Gasteiger charge is 2.23. The first-order chi connectivity index (χ1) is 16.7. The predicted octanol–water partition coefficient (Wildman–Crippen LogP) is 6.02. The summed E-state index contributed by atoms with van der Waals surface area (Å²) in [7, 11) is 0. The number of hydrogen-bond acceptors (Lipinski definition) is 5. The molecule has 4 aromatic rings. The van der Waals surface area contributed by atoms with Crippen molar-refractivity contribution in [3.8, 4) is 22.8 Å². The zero-order valence-electron chi connectivity index (χ0n) is 20.2. The molecule has 0 atom stereocenters. The molecule has 7 nitrogen and oxygen atoms in total. The number of nitrogens with zero attached hydrogens (tertiary/aromatic N) is 1. The fraction of sp³-hybridized carbons (Fsp3) is 0.179. The highest BCUT2D eigenvalue weighted by atomic mass is 16.4. The van der Waals surface area contributed by atoms with Gasteiger partial charge in [0.1, 0.15) is 0 Å². The number of amides is 2. The average Bonchev–Trinajstić information content (AvgIpc) is 3.28. The number of carbonyl (C=O) groups excluding carboxylic acids is 2. The molecule has 7 heteroatoms. The normalized spacial score (nSPS) is 11.1. The van der Waals surface area contributed by atoms with E-state index in [0.717, 1.165) is 11.3 Å². The van der Waals surface area contributed by atoms with Crippen LogP contribution in [0.4, 0.5) is 11.4 Å². The lowest BCUT2D eigenvalue weighted by molar-refractivity contribution is -0.114. The van der Waals surface area contributed by atoms with Gasteiger partial charge in [-0.3, -0.25) is 20.4 Å². The van der Waals surface area contributed by atoms with Gasteiger partial charge in [0.25, 0.3) is 5.91 Å². The Hall–Kier alpha value is -4.39. The highest BCUT2D eigenvalue weighted by Crippen LogP contribution is 2.32. The van der Waals surface area contributed by atoms with Crippen molar-refractivity contribution in [1.82, 2.24) is 10.4 Å². The third-order valence-electron chi connectivity index (χ3n) is 5.40. The molecule has 178 valence electrons. The second-order valence-electron chi connectivity index (χ2n) is 9.23. The van der Waals surface area contributed by atoms with Gasteiger partial charge in [-0.1, -0.05) is 51.1 Å². The van der Waals surface area contributed by atoms with Crippen molar-refractivity contribution < 1.29 is 14.0 Å². The van der Waals surface area contributed by atoms with Crippen LogP contribution in [0.2, 0.25) is 0 Å². The molecule has 1 aromatic heterocycles. The summed E-state index contributed by atoms with van der Waals surface area (Å²) in [6.45, 7) is 7.90. The third kappa shape index (κ3) is 5.76. The van der Waals surface area contributed by atoms with Gasteiger partial charge in [-0.2, -0.15) is 0 Å². The number of para-hydroxylation sites is 1. The van der Waals surface area contributed by atoms with Crippen LogP contribution in [0.3, 0.4) is 0 Å². The summed E-state index contributed by atoms with van der Waals surface area (Å²) in [4.78, 5) is 29.0. The second-order valence-corrected chi connectivity index (χ2v) is 9.23. The molecule has 0 fully saturated rings. The number of anilines is 2. The fourth-order valence-corrected chi connectivity index (χ4v) is 3.52. The second kappa shape index (κ2) is 9.85. The number of aromatic nitrogens is 1. The standard InChI is InChI=1S/C28H28N4O3/c1-18(33)29-22-16-12-19(13-17-22)25-24(26(34)32-31-23-8-6-5-7-9-23)30-27(35-25)20-10-14-21(15-11-20)28(2,3)4/h5-17,31H,1-4H3,(H,29,33)(H,32,34). The molecule has 3 aromatic carbocycles. The van der Waals surface area contributed by atoms with Gasteiger partial charge in [-0.25, -0.2) is 4.98 Å². The Bertz CT molecular complexity index is 1320. The van der Waals surface area contributed by atoms with Crippen molar-refractivity contribution in [3.63, 3.8) is 0 Å². The summed E-state index contributed by atoms with van der Waals surface area (Å²) in [5.41, 5.74) is 9.76. The molecule has 0 bridgehead atoms. The first-order valence-electron chi connectivity index (χ1n) is 11.3. The van der Waals surface area contributed by atoms with Crippen molar-refractivity contribution in [2.24, 2.45) is 0 Å². The van der Waals surface area contributed by atoms with E-state index in [1.54, 1.807) is 24.3 Å². The minimum Gasteiger partial charge on any atom is -0.435 e. The summed E-state index contributed by atoms with van der Waals surface area (Å²) in [5, 5.41) is 2.73. The van der Waals surface area contributed by atoms with Crippen LogP contribution in [0, 0.1) is 0 Å². The van der Waals surface area contributed by atoms with Crippen molar-refractivity contribution in [3.05, 3.63) is 90.1 Å². The number of hydrogen-bond donors (Lipinski definition) is 3. The van der Waals surface area contributed by atoms with Crippen LogP contribution in [0.5, 0.6) is 0 Å². The van der Waals surface area contributed by atoms with E-state index in [4.69, 9.17) is 4.42 Å². The Morgan fingerprint density at radius 3 is 2.03 bits per heavy atom. The Morgan fingerprint density at radius 2 is 1.43 bits per heavy atom. The molecule has 0 aliphatic heterocycles. The maximum Gasteiger partial charge on any atom is 0.292 e. The average molecular weight is 469 g/mol. The molecule has 0 aliphatic carbocycles. The Labute approximate surface area is 204 Å². The summed E-state index contributed by atoms with van der Waals surface area (Å²) in [6.07, 6.45) is 0. The monoisotopic (exact) mass is 468 g/mol. The van der Waals surface area contributed by atoms with Crippen LogP contribution >= 0.6 is 0 Å². The molecule has 0 aliphatic rings. The number of oxazole rings is 1. The largest absolute Gasteiger partial charge is 0.435 e. The molecule has 4 rings (SSSR count). The number of hydrazine groups is 1. The van der Waals surface area contributed by atoms with Crippen molar-refractivity contribution in [1.29, 1.82) is 0 Å². The van der Waals surface area contributed by atoms with Crippen LogP contribution in [0.15, 0.2) is 83.3 Å². The molecule has 0 spiro atoms. The first-order valence-corrected chi connectivity index (χ1v) is 11.3. The Morgan fingerprint density at radius 1 is 0.800 bits per heavy atom. The topological polar surface area (TPSA) is 96.3 Å². The van der Waals surface area contributed by atoms with E-state index in [1.165, 1.54) is 12.5 Å². The lowest BCUT2D eigenvalue weighted by Gasteiger charge is -2.18. The number of rotatable bonds is 6. The van der Waals surface area contributed by atoms with Gasteiger partial charge >= 0.3 is 0 Å². The fourth-order valence-electron chi connectivity index (χ4n) is 3.52. The maximum atomic E-state index is 13.1. The van der Waals surface area contributed by atoms with E-state index < -0.39 is 5.91 Å². The molecule has 35 heavy (non-hydrogen) atoms. The van der Waals surface area contributed by atoms with E-state index >= 15 is 0 Å². The van der Waals surface area contributed by atoms with Crippen LogP contribution in [-0.4, -0.2) is 16.8 Å². The number of benzene rings is 3. The molecular weight excluding hydrogens is 440 g/mol. The molecule has 0 saturated heterocycles. The molecule has 0 radical (unpaired) electrons. The predicted molar refractivity (Wildman–Crippen MR) is 138 cm³/mol. The molecule has 0 unspecified atom stereocenters. The first kappa shape index (κ1) is 23.8. The molecule has 2 amide bonds. The zero-order chi connectivity index (χ0) is 25.0. The lowest BCUT2D eigenvalue weighted by atomic mass is 9.87. The number of nitrogens with one attached hydrogen (secondary N) is 3. The number of carbonyl (C=O) groups is 2. The summed E-state index contributed by atoms with van der Waals surface area (Å²) in [5.74, 6) is 0.0828. The van der Waals surface area contributed by atoms with E-state index in [9.17, 15) is 9.59 Å². The van der Waals surface area contributed by atoms with Crippen molar-refractivity contribution in [2.75, 3.05) is 10.7 Å². The zero-order valence-corrected chi connectivity index (χ0v) is 20.2. The van der Waals surface area contributed by atoms with E-state index in [1.807, 2.05) is 54.6 Å². The Kier molecular flexibility index (Phi) is 6.68. The minimum absolute atomic E-state index is 0.0179. The van der Waals surface area contributed by atoms with Gasteiger partial charge in [0.2, 0.25) is 11.8 Å². The van der Waals surface area contributed by atoms with Crippen molar-refractivity contribution in [2.45, 2.75) is 33.1 Å². The van der Waals surface area contributed by atoms with Gasteiger partial charge in [-0.15, -0.1) is 0 Å². The summed E-state index contributed by atoms with van der Waals surface area (Å²) >= 11 is 0. The van der Waals surface area contributed by atoms with Gasteiger partial charge < -0.3 is 9.73 Å². The lowest BCUT2D eigenvalue weighted by Crippen LogP contribution is -2.30. The van der Waals surface area contributed by atoms with Crippen LogP contribution in [0.1, 0.15) is 43.7 Å². The van der Waals surface area contributed by atoms with Crippen LogP contribution < -0.4 is 16.2 Å². The van der Waals surface area contributed by atoms with Crippen molar-refractivity contribution >= 4 is 23.2 Å². The van der Waals surface area contributed by atoms with Gasteiger partial charge in [-0.05, 0) is 59.5 Å². The van der Waals surface area contributed by atoms with E-state index in [0.29, 0.717) is 22.9 Å². The quantitative estimate of drug-likeness (QED) is 0.301. The minimum atomic E-state index is -0.434. The molecule has 0 saturated carbocycles. The molecule has 3 N–H and O–H groups in total. The third-order valence-corrected chi connectivity index (χ3v) is 5.40. The van der Waals surface area contributed by atoms with E-state index in [-0.39, 0.29) is 17.0 Å². The van der Waals surface area contributed by atoms with Gasteiger partial charge in [0.05, 0.1) is 5.69 Å². The summed E-state index contributed by atoms with van der Waals surface area (Å²) in [6, 6.07) is 24.3. The molecular formula is C28H28N4O3. The molecule has 1 heterocycles. The van der Waals surface area contributed by atoms with Crippen LogP contribution in [0.25, 0.3) is 22.8 Å². The smallest absolute Gasteiger partial charge is 0.292 e. The summed E-state index contributed by atoms with van der Waals surface area (Å²) < 4.78 is 6.12.